The molecule has 156 valence electrons. The van der Waals surface area contributed by atoms with Gasteiger partial charge in [0.1, 0.15) is 0 Å². The summed E-state index contributed by atoms with van der Waals surface area (Å²) in [5.74, 6) is -0.532. The van der Waals surface area contributed by atoms with Crippen molar-refractivity contribution in [2.24, 2.45) is 0 Å². The standard InChI is InChI=1S/C18H28N4O5S/c1-14-6-7-15(20-13-17(23)21-18(24)19-8-11-27-2)12-16(14)28(25,26)22-9-4-3-5-10-22/h6-7,12,20H,3-5,8-11,13H2,1-2H3,(H2,19,21,23,24). The number of piperidine rings is 1. The van der Waals surface area contributed by atoms with E-state index in [1.807, 2.05) is 0 Å². The Bertz CT molecular complexity index is 791. The minimum absolute atomic E-state index is 0.163. The van der Waals surface area contributed by atoms with E-state index in [4.69, 9.17) is 4.74 Å². The molecule has 0 atom stereocenters. The number of carbonyl (C=O) groups excluding carboxylic acids is 2. The number of nitrogens with one attached hydrogen (secondary N) is 3. The number of hydrogen-bond acceptors (Lipinski definition) is 6. The molecular weight excluding hydrogens is 384 g/mol. The highest BCUT2D eigenvalue weighted by Gasteiger charge is 2.27. The van der Waals surface area contributed by atoms with Gasteiger partial charge in [0, 0.05) is 32.4 Å². The molecule has 0 aromatic heterocycles. The Kier molecular flexibility index (Phi) is 8.21. The number of benzene rings is 1. The average molecular weight is 413 g/mol. The molecule has 0 aliphatic carbocycles. The lowest BCUT2D eigenvalue weighted by atomic mass is 10.2. The Balaban J connectivity index is 1.97. The molecule has 9 nitrogen and oxygen atoms in total. The number of ether oxygens (including phenoxy) is 1. The number of methoxy groups -OCH3 is 1. The maximum Gasteiger partial charge on any atom is 0.321 e. The fraction of sp³-hybridized carbons (Fsp3) is 0.556. The van der Waals surface area contributed by atoms with Crippen LogP contribution in [0.15, 0.2) is 23.1 Å². The van der Waals surface area contributed by atoms with Crippen LogP contribution in [0, 0.1) is 6.92 Å². The van der Waals surface area contributed by atoms with E-state index in [9.17, 15) is 18.0 Å². The molecular formula is C18H28N4O5S. The van der Waals surface area contributed by atoms with Gasteiger partial charge in [-0.1, -0.05) is 12.5 Å². The lowest BCUT2D eigenvalue weighted by Gasteiger charge is -2.26. The second-order valence-electron chi connectivity index (χ2n) is 6.60. The SMILES string of the molecule is COCCNC(=O)NC(=O)CNc1ccc(C)c(S(=O)(=O)N2CCCCC2)c1. The van der Waals surface area contributed by atoms with Crippen LogP contribution in [0.2, 0.25) is 0 Å². The van der Waals surface area contributed by atoms with E-state index in [1.165, 1.54) is 17.5 Å². The van der Waals surface area contributed by atoms with Gasteiger partial charge >= 0.3 is 6.03 Å². The van der Waals surface area contributed by atoms with Crippen LogP contribution < -0.4 is 16.0 Å². The van der Waals surface area contributed by atoms with E-state index in [0.29, 0.717) is 37.5 Å². The lowest BCUT2D eigenvalue weighted by molar-refractivity contribution is -0.118. The molecule has 1 fully saturated rings. The second kappa shape index (κ2) is 10.4. The van der Waals surface area contributed by atoms with Crippen molar-refractivity contribution in [2.75, 3.05) is 45.2 Å². The molecule has 3 N–H and O–H groups in total. The maximum absolute atomic E-state index is 12.9. The molecule has 0 saturated carbocycles. The molecule has 1 heterocycles. The van der Waals surface area contributed by atoms with Crippen molar-refractivity contribution in [1.82, 2.24) is 14.9 Å². The first-order valence-corrected chi connectivity index (χ1v) is 10.7. The van der Waals surface area contributed by atoms with E-state index in [2.05, 4.69) is 16.0 Å². The van der Waals surface area contributed by atoms with Gasteiger partial charge in [0.2, 0.25) is 15.9 Å². The van der Waals surface area contributed by atoms with Gasteiger partial charge < -0.3 is 15.4 Å². The van der Waals surface area contributed by atoms with Gasteiger partial charge in [-0.05, 0) is 37.5 Å². The normalized spacial score (nSPS) is 15.1. The topological polar surface area (TPSA) is 117 Å². The Hall–Kier alpha value is -2.17. The highest BCUT2D eigenvalue weighted by molar-refractivity contribution is 7.89. The number of sulfonamides is 1. The van der Waals surface area contributed by atoms with Gasteiger partial charge in [0.25, 0.3) is 0 Å². The van der Waals surface area contributed by atoms with Gasteiger partial charge in [0.15, 0.2) is 0 Å². The zero-order valence-corrected chi connectivity index (χ0v) is 17.1. The summed E-state index contributed by atoms with van der Waals surface area (Å²) in [7, 11) is -2.06. The van der Waals surface area contributed by atoms with E-state index in [0.717, 1.165) is 19.3 Å². The van der Waals surface area contributed by atoms with Gasteiger partial charge in [-0.3, -0.25) is 10.1 Å². The Labute approximate surface area is 165 Å². The molecule has 0 bridgehead atoms. The van der Waals surface area contributed by atoms with Crippen LogP contribution in [-0.2, 0) is 19.6 Å². The average Bonchev–Trinajstić information content (AvgIpc) is 2.68. The number of urea groups is 1. The molecule has 3 amide bonds. The van der Waals surface area contributed by atoms with E-state index in [1.54, 1.807) is 19.1 Å². The first kappa shape index (κ1) is 22.1. The largest absolute Gasteiger partial charge is 0.383 e. The second-order valence-corrected chi connectivity index (χ2v) is 8.50. The quantitative estimate of drug-likeness (QED) is 0.550. The van der Waals surface area contributed by atoms with Crippen LogP contribution in [0.1, 0.15) is 24.8 Å². The summed E-state index contributed by atoms with van der Waals surface area (Å²) < 4.78 is 32.2. The van der Waals surface area contributed by atoms with Crippen LogP contribution in [-0.4, -0.2) is 64.6 Å². The third-order valence-corrected chi connectivity index (χ3v) is 6.46. The number of carbonyl (C=O) groups is 2. The minimum atomic E-state index is -3.57. The number of hydrogen-bond donors (Lipinski definition) is 3. The molecule has 1 aliphatic rings. The third-order valence-electron chi connectivity index (χ3n) is 4.42. The molecule has 10 heteroatoms. The molecule has 1 saturated heterocycles. The molecule has 2 rings (SSSR count). The van der Waals surface area contributed by atoms with Crippen molar-refractivity contribution in [3.63, 3.8) is 0 Å². The van der Waals surface area contributed by atoms with Crippen LogP contribution in [0.5, 0.6) is 0 Å². The molecule has 1 aromatic rings. The minimum Gasteiger partial charge on any atom is -0.383 e. The predicted molar refractivity (Wildman–Crippen MR) is 106 cm³/mol. The highest BCUT2D eigenvalue weighted by atomic mass is 32.2. The molecule has 1 aromatic carbocycles. The number of anilines is 1. The van der Waals surface area contributed by atoms with Gasteiger partial charge in [0.05, 0.1) is 18.0 Å². The zero-order valence-electron chi connectivity index (χ0n) is 16.3. The Morgan fingerprint density at radius 2 is 1.89 bits per heavy atom. The lowest BCUT2D eigenvalue weighted by Crippen LogP contribution is -2.43. The molecule has 0 unspecified atom stereocenters. The van der Waals surface area contributed by atoms with Crippen molar-refractivity contribution in [1.29, 1.82) is 0 Å². The smallest absolute Gasteiger partial charge is 0.321 e. The summed E-state index contributed by atoms with van der Waals surface area (Å²) in [6.45, 7) is 3.28. The highest BCUT2D eigenvalue weighted by Crippen LogP contribution is 2.25. The Morgan fingerprint density at radius 1 is 1.18 bits per heavy atom. The van der Waals surface area contributed by atoms with Crippen LogP contribution >= 0.6 is 0 Å². The molecule has 1 aliphatic heterocycles. The van der Waals surface area contributed by atoms with Gasteiger partial charge in [-0.15, -0.1) is 0 Å². The number of amides is 3. The van der Waals surface area contributed by atoms with E-state index < -0.39 is 22.0 Å². The predicted octanol–water partition coefficient (Wildman–Crippen LogP) is 1.05. The van der Waals surface area contributed by atoms with Crippen molar-refractivity contribution in [2.45, 2.75) is 31.1 Å². The van der Waals surface area contributed by atoms with Crippen LogP contribution in [0.4, 0.5) is 10.5 Å². The van der Waals surface area contributed by atoms with Gasteiger partial charge in [-0.25, -0.2) is 13.2 Å². The third kappa shape index (κ3) is 6.18. The summed E-state index contributed by atoms with van der Waals surface area (Å²) in [5, 5.41) is 7.52. The first-order chi connectivity index (χ1) is 13.3. The van der Waals surface area contributed by atoms with Crippen LogP contribution in [0.3, 0.4) is 0 Å². The van der Waals surface area contributed by atoms with E-state index >= 15 is 0 Å². The number of aryl methyl sites for hydroxylation is 1. The number of nitrogens with zero attached hydrogens (tertiary/aromatic N) is 1. The fourth-order valence-electron chi connectivity index (χ4n) is 2.90. The zero-order chi connectivity index (χ0) is 20.6. The van der Waals surface area contributed by atoms with Gasteiger partial charge in [-0.2, -0.15) is 4.31 Å². The molecule has 28 heavy (non-hydrogen) atoms. The molecule has 0 radical (unpaired) electrons. The van der Waals surface area contributed by atoms with Crippen molar-refractivity contribution in [3.8, 4) is 0 Å². The molecule has 0 spiro atoms. The van der Waals surface area contributed by atoms with E-state index in [-0.39, 0.29) is 11.4 Å². The number of imide groups is 1. The van der Waals surface area contributed by atoms with Crippen molar-refractivity contribution >= 4 is 27.6 Å². The monoisotopic (exact) mass is 412 g/mol. The van der Waals surface area contributed by atoms with Crippen molar-refractivity contribution in [3.05, 3.63) is 23.8 Å². The fourth-order valence-corrected chi connectivity index (χ4v) is 4.66. The Morgan fingerprint density at radius 3 is 2.57 bits per heavy atom. The summed E-state index contributed by atoms with van der Waals surface area (Å²) in [5.41, 5.74) is 1.15. The number of rotatable bonds is 8. The summed E-state index contributed by atoms with van der Waals surface area (Å²) in [6, 6.07) is 4.33. The summed E-state index contributed by atoms with van der Waals surface area (Å²) in [4.78, 5) is 23.6. The summed E-state index contributed by atoms with van der Waals surface area (Å²) >= 11 is 0. The van der Waals surface area contributed by atoms with Crippen LogP contribution in [0.25, 0.3) is 0 Å². The maximum atomic E-state index is 12.9. The summed E-state index contributed by atoms with van der Waals surface area (Å²) in [6.07, 6.45) is 2.77. The van der Waals surface area contributed by atoms with Crippen molar-refractivity contribution < 1.29 is 22.7 Å². The first-order valence-electron chi connectivity index (χ1n) is 9.26.